The fourth-order valence-electron chi connectivity index (χ4n) is 9.07. The molecule has 0 bridgehead atoms. The summed E-state index contributed by atoms with van der Waals surface area (Å²) in [5.74, 6) is 1.76. The molecule has 0 amide bonds. The number of fused-ring (bicyclic) bond motifs is 5. The topological polar surface area (TPSA) is 87.0 Å². The summed E-state index contributed by atoms with van der Waals surface area (Å²) < 4.78 is 5.52. The van der Waals surface area contributed by atoms with Gasteiger partial charge in [-0.3, -0.25) is 4.79 Å². The second-order valence-corrected chi connectivity index (χ2v) is 13.6. The van der Waals surface area contributed by atoms with Crippen LogP contribution in [0.4, 0.5) is 0 Å². The Morgan fingerprint density at radius 1 is 1.03 bits per heavy atom. The molecular weight excluding hydrogens is 416 g/mol. The lowest BCUT2D eigenvalue weighted by molar-refractivity contribution is -0.207. The fourth-order valence-corrected chi connectivity index (χ4v) is 9.07. The maximum Gasteiger partial charge on any atom is 0.306 e. The molecule has 0 spiro atoms. The Balaban J connectivity index is 1.50. The zero-order valence-electron chi connectivity index (χ0n) is 21.7. The number of ether oxygens (including phenoxy) is 1. The highest BCUT2D eigenvalue weighted by Crippen LogP contribution is 2.68. The van der Waals surface area contributed by atoms with Crippen LogP contribution in [-0.4, -0.2) is 45.2 Å². The molecular formula is C28H48O5. The predicted molar refractivity (Wildman–Crippen MR) is 128 cm³/mol. The molecule has 4 rings (SSSR count). The van der Waals surface area contributed by atoms with E-state index < -0.39 is 5.60 Å². The highest BCUT2D eigenvalue weighted by molar-refractivity contribution is 5.69. The largest absolute Gasteiger partial charge is 0.460 e. The van der Waals surface area contributed by atoms with Crippen LogP contribution in [0.25, 0.3) is 0 Å². The van der Waals surface area contributed by atoms with Gasteiger partial charge in [0.05, 0.1) is 18.3 Å². The zero-order valence-corrected chi connectivity index (χ0v) is 21.7. The minimum absolute atomic E-state index is 0.103. The first-order valence-electron chi connectivity index (χ1n) is 13.5. The van der Waals surface area contributed by atoms with Gasteiger partial charge in [-0.1, -0.05) is 20.8 Å². The third-order valence-corrected chi connectivity index (χ3v) is 10.7. The number of esters is 1. The minimum Gasteiger partial charge on any atom is -0.460 e. The molecule has 0 aromatic heterocycles. The number of hydrogen-bond donors (Lipinski definition) is 3. The smallest absolute Gasteiger partial charge is 0.306 e. The van der Waals surface area contributed by atoms with Crippen LogP contribution in [0.2, 0.25) is 0 Å². The van der Waals surface area contributed by atoms with Gasteiger partial charge >= 0.3 is 5.97 Å². The van der Waals surface area contributed by atoms with Gasteiger partial charge in [0.1, 0.15) is 5.60 Å². The first-order chi connectivity index (χ1) is 15.3. The number of rotatable bonds is 4. The molecule has 0 heterocycles. The molecule has 3 unspecified atom stereocenters. The van der Waals surface area contributed by atoms with E-state index in [9.17, 15) is 20.1 Å². The average molecular weight is 465 g/mol. The Hall–Kier alpha value is -0.650. The molecule has 3 N–H and O–H groups in total. The number of aliphatic hydroxyl groups is 3. The molecule has 0 saturated heterocycles. The molecule has 190 valence electrons. The molecule has 4 aliphatic rings. The minimum atomic E-state index is -0.459. The number of hydrogen-bond acceptors (Lipinski definition) is 5. The van der Waals surface area contributed by atoms with Crippen molar-refractivity contribution in [3.05, 3.63) is 0 Å². The Kier molecular flexibility index (Phi) is 6.77. The van der Waals surface area contributed by atoms with Crippen LogP contribution in [0.1, 0.15) is 99.3 Å². The van der Waals surface area contributed by atoms with Crippen molar-refractivity contribution in [1.29, 1.82) is 0 Å². The Morgan fingerprint density at radius 2 is 1.73 bits per heavy atom. The van der Waals surface area contributed by atoms with Crippen molar-refractivity contribution in [3.63, 3.8) is 0 Å². The molecule has 0 aromatic rings. The third-order valence-electron chi connectivity index (χ3n) is 10.7. The van der Waals surface area contributed by atoms with E-state index in [4.69, 9.17) is 4.74 Å². The molecule has 11 atom stereocenters. The van der Waals surface area contributed by atoms with Gasteiger partial charge in [0.25, 0.3) is 0 Å². The first-order valence-corrected chi connectivity index (χ1v) is 13.5. The highest BCUT2D eigenvalue weighted by atomic mass is 16.6. The molecule has 4 aliphatic carbocycles. The summed E-state index contributed by atoms with van der Waals surface area (Å²) in [5, 5.41) is 33.3. The molecule has 0 aliphatic heterocycles. The first kappa shape index (κ1) is 25.4. The lowest BCUT2D eigenvalue weighted by Gasteiger charge is -2.63. The Bertz CT molecular complexity index is 730. The van der Waals surface area contributed by atoms with Gasteiger partial charge in [-0.25, -0.2) is 0 Å². The van der Waals surface area contributed by atoms with Gasteiger partial charge in [-0.05, 0) is 118 Å². The van der Waals surface area contributed by atoms with Gasteiger partial charge in [-0.15, -0.1) is 0 Å². The van der Waals surface area contributed by atoms with Crippen LogP contribution in [-0.2, 0) is 9.53 Å². The maximum absolute atomic E-state index is 12.3. The number of carbonyl (C=O) groups is 1. The predicted octanol–water partition coefficient (Wildman–Crippen LogP) is 4.71. The summed E-state index contributed by atoms with van der Waals surface area (Å²) in [6.45, 7) is 12.6. The quantitative estimate of drug-likeness (QED) is 0.525. The lowest BCUT2D eigenvalue weighted by Crippen LogP contribution is -2.62. The molecule has 0 aromatic carbocycles. The van der Waals surface area contributed by atoms with Gasteiger partial charge in [0.15, 0.2) is 0 Å². The molecule has 5 nitrogen and oxygen atoms in total. The normalized spacial score (nSPS) is 48.4. The van der Waals surface area contributed by atoms with Gasteiger partial charge < -0.3 is 20.1 Å². The van der Waals surface area contributed by atoms with E-state index in [1.54, 1.807) is 0 Å². The molecule has 33 heavy (non-hydrogen) atoms. The molecule has 5 heteroatoms. The van der Waals surface area contributed by atoms with Crippen LogP contribution in [0, 0.1) is 46.3 Å². The summed E-state index contributed by atoms with van der Waals surface area (Å²) >= 11 is 0. The van der Waals surface area contributed by atoms with Crippen molar-refractivity contribution in [2.45, 2.75) is 123 Å². The van der Waals surface area contributed by atoms with Crippen molar-refractivity contribution in [3.8, 4) is 0 Å². The van der Waals surface area contributed by atoms with E-state index in [-0.39, 0.29) is 41.0 Å². The lowest BCUT2D eigenvalue weighted by atomic mass is 9.43. The molecule has 4 saturated carbocycles. The van der Waals surface area contributed by atoms with Crippen molar-refractivity contribution >= 4 is 5.97 Å². The van der Waals surface area contributed by atoms with Gasteiger partial charge in [0.2, 0.25) is 0 Å². The zero-order chi connectivity index (χ0) is 24.3. The van der Waals surface area contributed by atoms with Crippen LogP contribution in [0.5, 0.6) is 0 Å². The second-order valence-electron chi connectivity index (χ2n) is 13.6. The van der Waals surface area contributed by atoms with E-state index in [0.29, 0.717) is 36.0 Å². The van der Waals surface area contributed by atoms with Crippen molar-refractivity contribution in [2.75, 3.05) is 0 Å². The number of carbonyl (C=O) groups excluding carboxylic acids is 1. The molecule has 0 radical (unpaired) electrons. The van der Waals surface area contributed by atoms with Crippen LogP contribution >= 0.6 is 0 Å². The Morgan fingerprint density at radius 3 is 2.39 bits per heavy atom. The fraction of sp³-hybridized carbons (Fsp3) is 0.964. The van der Waals surface area contributed by atoms with Gasteiger partial charge in [0, 0.05) is 6.42 Å². The molecule has 4 fully saturated rings. The van der Waals surface area contributed by atoms with Crippen molar-refractivity contribution in [1.82, 2.24) is 0 Å². The van der Waals surface area contributed by atoms with Crippen molar-refractivity contribution in [2.24, 2.45) is 46.3 Å². The Labute approximate surface area is 200 Å². The van der Waals surface area contributed by atoms with Gasteiger partial charge in [-0.2, -0.15) is 0 Å². The average Bonchev–Trinajstić information content (AvgIpc) is 3.06. The van der Waals surface area contributed by atoms with E-state index in [1.165, 1.54) is 0 Å². The highest BCUT2D eigenvalue weighted by Gasteiger charge is 2.65. The van der Waals surface area contributed by atoms with E-state index in [0.717, 1.165) is 51.4 Å². The summed E-state index contributed by atoms with van der Waals surface area (Å²) in [7, 11) is 0. The number of aliphatic hydroxyl groups excluding tert-OH is 3. The van der Waals surface area contributed by atoms with E-state index >= 15 is 0 Å². The summed E-state index contributed by atoms with van der Waals surface area (Å²) in [6, 6.07) is 0. The van der Waals surface area contributed by atoms with Crippen LogP contribution < -0.4 is 0 Å². The third kappa shape index (κ3) is 4.40. The summed E-state index contributed by atoms with van der Waals surface area (Å²) in [4.78, 5) is 12.3. The van der Waals surface area contributed by atoms with Crippen LogP contribution in [0.15, 0.2) is 0 Å². The summed E-state index contributed by atoms with van der Waals surface area (Å²) in [6.07, 6.45) is 6.52. The van der Waals surface area contributed by atoms with Crippen molar-refractivity contribution < 1.29 is 24.9 Å². The van der Waals surface area contributed by atoms with Crippen LogP contribution in [0.3, 0.4) is 0 Å². The SMILES string of the molecule is CC(CCC(=O)OC(C)(C)C)C1CC[C@H]2[C@@H]3[C@H](O)CC4C[C@H](O)CC[C@]4(C)[C@H]3C[C@H](O)[C@]12C. The standard InChI is InChI=1S/C28H48O5/c1-16(7-10-24(32)33-26(2,3)4)19-8-9-20-25-21(15-23(31)28(19,20)6)27(5)12-11-18(29)13-17(27)14-22(25)30/h16-23,25,29-31H,7-15H2,1-6H3/t16?,17?,18-,19?,20+,21+,22-,23+,25+,27+,28-/m1/s1. The van der Waals surface area contributed by atoms with E-state index in [2.05, 4.69) is 20.8 Å². The maximum atomic E-state index is 12.3. The van der Waals surface area contributed by atoms with E-state index in [1.807, 2.05) is 20.8 Å². The second kappa shape index (κ2) is 8.78. The summed E-state index contributed by atoms with van der Waals surface area (Å²) in [5.41, 5.74) is -0.571. The monoisotopic (exact) mass is 464 g/mol.